The van der Waals surface area contributed by atoms with Gasteiger partial charge in [-0.2, -0.15) is 0 Å². The number of aryl methyl sites for hydroxylation is 1. The summed E-state index contributed by atoms with van der Waals surface area (Å²) in [7, 11) is 1.66. The maximum Gasteiger partial charge on any atom is 0.263 e. The van der Waals surface area contributed by atoms with Gasteiger partial charge in [-0.25, -0.2) is 0 Å². The van der Waals surface area contributed by atoms with Crippen LogP contribution in [-0.4, -0.2) is 23.7 Å². The molecule has 6 heteroatoms. The topological polar surface area (TPSA) is 69.6 Å². The van der Waals surface area contributed by atoms with E-state index in [9.17, 15) is 9.59 Å². The molecule has 0 bridgehead atoms. The highest BCUT2D eigenvalue weighted by Gasteiger charge is 2.21. The van der Waals surface area contributed by atoms with Crippen molar-refractivity contribution in [2.24, 2.45) is 7.05 Å². The lowest BCUT2D eigenvalue weighted by molar-refractivity contribution is 0.0934. The van der Waals surface area contributed by atoms with Gasteiger partial charge in [-0.1, -0.05) is 36.4 Å². The third-order valence-corrected chi connectivity index (χ3v) is 5.36. The van der Waals surface area contributed by atoms with E-state index >= 15 is 0 Å². The summed E-state index contributed by atoms with van der Waals surface area (Å²) >= 11 is 0. The fraction of sp³-hybridized carbons (Fsp3) is 0.250. The van der Waals surface area contributed by atoms with Crippen LogP contribution in [0.4, 0.5) is 0 Å². The Kier molecular flexibility index (Phi) is 5.57. The predicted octanol–water partition coefficient (Wildman–Crippen LogP) is 3.18. The summed E-state index contributed by atoms with van der Waals surface area (Å²) in [6.07, 6.45) is 0.582. The van der Waals surface area contributed by atoms with Gasteiger partial charge in [0.15, 0.2) is 11.5 Å². The van der Waals surface area contributed by atoms with Crippen LogP contribution in [0.1, 0.15) is 33.2 Å². The number of hydrogen-bond donors (Lipinski definition) is 1. The molecule has 0 radical (unpaired) electrons. The summed E-state index contributed by atoms with van der Waals surface area (Å²) in [5.74, 6) is 0.964. The highest BCUT2D eigenvalue weighted by atomic mass is 16.6. The molecule has 0 fully saturated rings. The number of carbonyl (C=O) groups excluding carboxylic acids is 1. The quantitative estimate of drug-likeness (QED) is 0.709. The fourth-order valence-corrected chi connectivity index (χ4v) is 3.52. The Hall–Kier alpha value is -3.54. The first kappa shape index (κ1) is 19.8. The zero-order chi connectivity index (χ0) is 21.1. The van der Waals surface area contributed by atoms with Crippen LogP contribution in [0, 0.1) is 6.92 Å². The number of fused-ring (bicyclic) bond motifs is 1. The second-order valence-corrected chi connectivity index (χ2v) is 7.37. The molecule has 1 aromatic heterocycles. The first-order chi connectivity index (χ1) is 14.5. The minimum absolute atomic E-state index is 0.124. The Morgan fingerprint density at radius 1 is 1.03 bits per heavy atom. The molecular formula is C24H24N2O4. The molecule has 2 aromatic carbocycles. The van der Waals surface area contributed by atoms with Crippen LogP contribution in [0.5, 0.6) is 11.5 Å². The third kappa shape index (κ3) is 4.08. The van der Waals surface area contributed by atoms with E-state index in [0.29, 0.717) is 31.1 Å². The van der Waals surface area contributed by atoms with Crippen LogP contribution >= 0.6 is 0 Å². The molecular weight excluding hydrogens is 380 g/mol. The summed E-state index contributed by atoms with van der Waals surface area (Å²) in [5, 5.41) is 3.04. The number of amides is 1. The normalized spacial score (nSPS) is 13.5. The Bertz CT molecular complexity index is 1120. The Balaban J connectivity index is 1.66. The third-order valence-electron chi connectivity index (χ3n) is 5.36. The minimum Gasteiger partial charge on any atom is -0.486 e. The van der Waals surface area contributed by atoms with Crippen LogP contribution in [0.3, 0.4) is 0 Å². The van der Waals surface area contributed by atoms with Gasteiger partial charge in [0.25, 0.3) is 11.5 Å². The number of ether oxygens (including phenoxy) is 2. The molecule has 0 aliphatic carbocycles. The smallest absolute Gasteiger partial charge is 0.263 e. The van der Waals surface area contributed by atoms with E-state index in [2.05, 4.69) is 5.32 Å². The van der Waals surface area contributed by atoms with Gasteiger partial charge in [0.1, 0.15) is 18.8 Å². The van der Waals surface area contributed by atoms with Crippen molar-refractivity contribution in [1.82, 2.24) is 9.88 Å². The van der Waals surface area contributed by atoms with Gasteiger partial charge in [0.05, 0.1) is 6.04 Å². The van der Waals surface area contributed by atoms with Crippen LogP contribution < -0.4 is 20.3 Å². The number of rotatable bonds is 5. The van der Waals surface area contributed by atoms with Crippen molar-refractivity contribution in [3.05, 3.63) is 93.4 Å². The molecule has 6 nitrogen and oxygen atoms in total. The van der Waals surface area contributed by atoms with Gasteiger partial charge in [-0.15, -0.1) is 0 Å². The van der Waals surface area contributed by atoms with E-state index in [4.69, 9.17) is 9.47 Å². The molecule has 4 rings (SSSR count). The summed E-state index contributed by atoms with van der Waals surface area (Å²) in [6, 6.07) is 18.6. The van der Waals surface area contributed by atoms with Gasteiger partial charge in [-0.05, 0) is 48.7 Å². The van der Waals surface area contributed by atoms with Crippen molar-refractivity contribution >= 4 is 5.91 Å². The van der Waals surface area contributed by atoms with Crippen LogP contribution in [0.15, 0.2) is 65.5 Å². The number of benzene rings is 2. The molecule has 154 valence electrons. The maximum atomic E-state index is 13.0. The van der Waals surface area contributed by atoms with Crippen LogP contribution in [0.25, 0.3) is 0 Å². The molecule has 30 heavy (non-hydrogen) atoms. The lowest BCUT2D eigenvalue weighted by Gasteiger charge is -2.23. The molecule has 1 amide bonds. The number of nitrogens with one attached hydrogen (secondary N) is 1. The molecule has 0 spiro atoms. The van der Waals surface area contributed by atoms with Gasteiger partial charge in [0.2, 0.25) is 0 Å². The predicted molar refractivity (Wildman–Crippen MR) is 114 cm³/mol. The van der Waals surface area contributed by atoms with Crippen molar-refractivity contribution in [1.29, 1.82) is 0 Å². The summed E-state index contributed by atoms with van der Waals surface area (Å²) in [6.45, 7) is 2.84. The van der Waals surface area contributed by atoms with Crippen molar-refractivity contribution in [3.8, 4) is 11.5 Å². The van der Waals surface area contributed by atoms with E-state index in [1.165, 1.54) is 4.57 Å². The standard InChI is InChI=1S/C24H24N2O4/c1-16-8-10-19(24(28)26(16)2)23(27)25-20(14-17-6-4-3-5-7-17)18-9-11-21-22(15-18)30-13-12-29-21/h3-11,15,20H,12-14H2,1-2H3,(H,25,27)/t20-/m0/s1. The lowest BCUT2D eigenvalue weighted by atomic mass is 9.98. The van der Waals surface area contributed by atoms with Crippen LogP contribution in [-0.2, 0) is 13.5 Å². The number of carbonyl (C=O) groups is 1. The monoisotopic (exact) mass is 404 g/mol. The van der Waals surface area contributed by atoms with E-state index in [-0.39, 0.29) is 17.2 Å². The number of nitrogens with zero attached hydrogens (tertiary/aromatic N) is 1. The van der Waals surface area contributed by atoms with Crippen molar-refractivity contribution in [2.45, 2.75) is 19.4 Å². The van der Waals surface area contributed by atoms with Gasteiger partial charge in [-0.3, -0.25) is 9.59 Å². The second-order valence-electron chi connectivity index (χ2n) is 7.37. The largest absolute Gasteiger partial charge is 0.486 e. The first-order valence-electron chi connectivity index (χ1n) is 9.94. The van der Waals surface area contributed by atoms with Crippen molar-refractivity contribution in [3.63, 3.8) is 0 Å². The number of pyridine rings is 1. The molecule has 0 saturated heterocycles. The van der Waals surface area contributed by atoms with Crippen molar-refractivity contribution < 1.29 is 14.3 Å². The number of hydrogen-bond acceptors (Lipinski definition) is 4. The molecule has 1 aliphatic heterocycles. The molecule has 0 saturated carbocycles. The Labute approximate surface area is 175 Å². The lowest BCUT2D eigenvalue weighted by Crippen LogP contribution is -2.35. The van der Waals surface area contributed by atoms with Gasteiger partial charge >= 0.3 is 0 Å². The van der Waals surface area contributed by atoms with Crippen molar-refractivity contribution in [2.75, 3.05) is 13.2 Å². The van der Waals surface area contributed by atoms with Gasteiger partial charge < -0.3 is 19.4 Å². The molecule has 2 heterocycles. The Morgan fingerprint density at radius 2 is 1.77 bits per heavy atom. The highest BCUT2D eigenvalue weighted by Crippen LogP contribution is 2.33. The summed E-state index contributed by atoms with van der Waals surface area (Å²) in [5.41, 5.74) is 2.57. The maximum absolute atomic E-state index is 13.0. The molecule has 3 aromatic rings. The fourth-order valence-electron chi connectivity index (χ4n) is 3.52. The van der Waals surface area contributed by atoms with E-state index in [1.807, 2.05) is 55.5 Å². The molecule has 1 atom stereocenters. The second kappa shape index (κ2) is 8.45. The minimum atomic E-state index is -0.397. The molecule has 1 N–H and O–H groups in total. The van der Waals surface area contributed by atoms with E-state index < -0.39 is 5.91 Å². The van der Waals surface area contributed by atoms with Crippen LogP contribution in [0.2, 0.25) is 0 Å². The SMILES string of the molecule is Cc1ccc(C(=O)N[C@@H](Cc2ccccc2)c2ccc3c(c2)OCCO3)c(=O)n1C. The Morgan fingerprint density at radius 3 is 2.53 bits per heavy atom. The average molecular weight is 404 g/mol. The summed E-state index contributed by atoms with van der Waals surface area (Å²) < 4.78 is 12.8. The first-order valence-corrected chi connectivity index (χ1v) is 9.94. The van der Waals surface area contributed by atoms with E-state index in [1.54, 1.807) is 19.2 Å². The molecule has 1 aliphatic rings. The zero-order valence-electron chi connectivity index (χ0n) is 17.1. The number of aromatic nitrogens is 1. The molecule has 0 unspecified atom stereocenters. The average Bonchev–Trinajstić information content (AvgIpc) is 2.77. The zero-order valence-corrected chi connectivity index (χ0v) is 17.1. The van der Waals surface area contributed by atoms with Gasteiger partial charge in [0, 0.05) is 12.7 Å². The highest BCUT2D eigenvalue weighted by molar-refractivity contribution is 5.94. The summed E-state index contributed by atoms with van der Waals surface area (Å²) in [4.78, 5) is 25.6. The van der Waals surface area contributed by atoms with E-state index in [0.717, 1.165) is 16.8 Å².